The number of alkyl halides is 1. The van der Waals surface area contributed by atoms with Gasteiger partial charge in [0.1, 0.15) is 0 Å². The van der Waals surface area contributed by atoms with Crippen molar-refractivity contribution in [2.75, 3.05) is 0 Å². The van der Waals surface area contributed by atoms with Crippen LogP contribution in [0.4, 0.5) is 0 Å². The quantitative estimate of drug-likeness (QED) is 0.0516. The molecule has 3 heteroatoms. The summed E-state index contributed by atoms with van der Waals surface area (Å²) in [6, 6.07) is 0. The van der Waals surface area contributed by atoms with Gasteiger partial charge in [-0.05, 0) is 12.8 Å². The van der Waals surface area contributed by atoms with Crippen molar-refractivity contribution in [2.45, 2.75) is 185 Å². The Balaban J connectivity index is 3.57. The first kappa shape index (κ1) is 34.2. The van der Waals surface area contributed by atoms with Crippen molar-refractivity contribution in [3.05, 3.63) is 0 Å². The Morgan fingerprint density at radius 1 is 0.500 bits per heavy atom. The number of unbranched alkanes of at least 4 members (excludes halogenated alkanes) is 22. The van der Waals surface area contributed by atoms with E-state index in [1.807, 2.05) is 0 Å². The van der Waals surface area contributed by atoms with Crippen LogP contribution in [0, 0.1) is 5.92 Å². The third kappa shape index (κ3) is 23.9. The van der Waals surface area contributed by atoms with Crippen molar-refractivity contribution in [1.82, 2.24) is 0 Å². The molecular formula is C31H60IO2-. The highest BCUT2D eigenvalue weighted by atomic mass is 127. The van der Waals surface area contributed by atoms with Gasteiger partial charge in [-0.15, -0.1) is 0 Å². The molecule has 0 aromatic carbocycles. The van der Waals surface area contributed by atoms with Crippen molar-refractivity contribution in [2.24, 2.45) is 5.92 Å². The third-order valence-electron chi connectivity index (χ3n) is 7.44. The average Bonchev–Trinajstić information content (AvgIpc) is 2.82. The Morgan fingerprint density at radius 2 is 0.765 bits per heavy atom. The van der Waals surface area contributed by atoms with Gasteiger partial charge >= 0.3 is 0 Å². The lowest BCUT2D eigenvalue weighted by Gasteiger charge is -2.23. The molecule has 0 saturated carbocycles. The van der Waals surface area contributed by atoms with Gasteiger partial charge in [0, 0.05) is 15.8 Å². The lowest BCUT2D eigenvalue weighted by molar-refractivity contribution is -0.311. The van der Waals surface area contributed by atoms with Crippen LogP contribution in [0.2, 0.25) is 0 Å². The second-order valence-corrected chi connectivity index (χ2v) is 12.4. The van der Waals surface area contributed by atoms with Crippen LogP contribution >= 0.6 is 22.6 Å². The average molecular weight is 592 g/mol. The van der Waals surface area contributed by atoms with E-state index in [0.29, 0.717) is 0 Å². The van der Waals surface area contributed by atoms with Crippen LogP contribution in [0.5, 0.6) is 0 Å². The van der Waals surface area contributed by atoms with Crippen LogP contribution in [0.15, 0.2) is 0 Å². The molecule has 0 N–H and O–H groups in total. The molecule has 2 unspecified atom stereocenters. The largest absolute Gasteiger partial charge is 0.550 e. The van der Waals surface area contributed by atoms with Crippen LogP contribution in [0.25, 0.3) is 0 Å². The second-order valence-electron chi connectivity index (χ2n) is 10.8. The van der Waals surface area contributed by atoms with Gasteiger partial charge in [0.25, 0.3) is 0 Å². The van der Waals surface area contributed by atoms with Gasteiger partial charge in [0.2, 0.25) is 0 Å². The summed E-state index contributed by atoms with van der Waals surface area (Å²) >= 11 is 2.38. The molecule has 0 radical (unpaired) electrons. The van der Waals surface area contributed by atoms with Crippen LogP contribution in [-0.2, 0) is 4.79 Å². The summed E-state index contributed by atoms with van der Waals surface area (Å²) in [5.41, 5.74) is 0. The normalized spacial score (nSPS) is 13.3. The molecule has 0 aromatic heterocycles. The molecule has 0 aliphatic rings. The predicted molar refractivity (Wildman–Crippen MR) is 158 cm³/mol. The van der Waals surface area contributed by atoms with E-state index in [-0.39, 0.29) is 9.84 Å². The molecule has 0 spiro atoms. The molecule has 0 heterocycles. The molecule has 204 valence electrons. The zero-order valence-corrected chi connectivity index (χ0v) is 25.4. The first-order valence-electron chi connectivity index (χ1n) is 15.5. The highest BCUT2D eigenvalue weighted by Crippen LogP contribution is 2.26. The Bertz CT molecular complexity index is 412. The number of carbonyl (C=O) groups excluding carboxylic acids is 1. The van der Waals surface area contributed by atoms with Gasteiger partial charge < -0.3 is 9.90 Å². The van der Waals surface area contributed by atoms with Gasteiger partial charge in [0.05, 0.1) is 0 Å². The summed E-state index contributed by atoms with van der Waals surface area (Å²) in [5, 5.41) is 11.7. The minimum Gasteiger partial charge on any atom is -0.550 e. The molecule has 0 aliphatic carbocycles. The Kier molecular flexibility index (Phi) is 27.9. The van der Waals surface area contributed by atoms with Crippen molar-refractivity contribution in [3.63, 3.8) is 0 Å². The topological polar surface area (TPSA) is 40.1 Å². The van der Waals surface area contributed by atoms with Gasteiger partial charge in [-0.1, -0.05) is 191 Å². The standard InChI is InChI=1S/C31H61IO2/c1-3-5-7-9-11-13-15-16-17-18-19-21-23-25-27-29(31(33)34)30(32)28-26-24-22-20-14-12-10-8-6-4-2/h29-30H,3-28H2,1-2H3,(H,33,34)/p-1. The van der Waals surface area contributed by atoms with Gasteiger partial charge in [-0.25, -0.2) is 0 Å². The molecule has 0 aromatic rings. The minimum absolute atomic E-state index is 0.235. The van der Waals surface area contributed by atoms with E-state index < -0.39 is 5.97 Å². The molecular weight excluding hydrogens is 531 g/mol. The molecule has 34 heavy (non-hydrogen) atoms. The van der Waals surface area contributed by atoms with Crippen molar-refractivity contribution >= 4 is 28.6 Å². The van der Waals surface area contributed by atoms with E-state index in [1.165, 1.54) is 148 Å². The van der Waals surface area contributed by atoms with E-state index in [9.17, 15) is 9.90 Å². The van der Waals surface area contributed by atoms with Crippen LogP contribution in [-0.4, -0.2) is 9.89 Å². The molecule has 2 atom stereocenters. The fraction of sp³-hybridized carbons (Fsp3) is 0.968. The Labute approximate surface area is 228 Å². The summed E-state index contributed by atoms with van der Waals surface area (Å²) < 4.78 is 0.235. The fourth-order valence-corrected chi connectivity index (χ4v) is 6.13. The summed E-state index contributed by atoms with van der Waals surface area (Å²) in [6.07, 6.45) is 34.0. The van der Waals surface area contributed by atoms with E-state index in [1.54, 1.807) is 0 Å². The summed E-state index contributed by atoms with van der Waals surface area (Å²) in [7, 11) is 0. The van der Waals surface area contributed by atoms with Crippen molar-refractivity contribution in [3.8, 4) is 0 Å². The highest BCUT2D eigenvalue weighted by Gasteiger charge is 2.19. The maximum absolute atomic E-state index is 11.7. The number of halogens is 1. The third-order valence-corrected chi connectivity index (χ3v) is 8.93. The Morgan fingerprint density at radius 3 is 1.06 bits per heavy atom. The zero-order chi connectivity index (χ0) is 25.1. The molecule has 0 bridgehead atoms. The number of hydrogen-bond acceptors (Lipinski definition) is 2. The first-order chi connectivity index (χ1) is 16.6. The Hall–Kier alpha value is 0.200. The van der Waals surface area contributed by atoms with E-state index >= 15 is 0 Å². The minimum atomic E-state index is -0.818. The van der Waals surface area contributed by atoms with E-state index in [2.05, 4.69) is 36.4 Å². The number of aliphatic carboxylic acids is 1. The van der Waals surface area contributed by atoms with Crippen molar-refractivity contribution < 1.29 is 9.90 Å². The monoisotopic (exact) mass is 591 g/mol. The van der Waals surface area contributed by atoms with E-state index in [0.717, 1.165) is 19.3 Å². The number of carboxylic acid groups (broad SMARTS) is 1. The number of rotatable bonds is 28. The maximum Gasteiger partial charge on any atom is 0.0455 e. The molecule has 0 saturated heterocycles. The smallest absolute Gasteiger partial charge is 0.0455 e. The van der Waals surface area contributed by atoms with Crippen LogP contribution in [0.3, 0.4) is 0 Å². The molecule has 0 amide bonds. The fourth-order valence-electron chi connectivity index (χ4n) is 5.03. The first-order valence-corrected chi connectivity index (χ1v) is 16.7. The summed E-state index contributed by atoms with van der Waals surface area (Å²) in [6.45, 7) is 4.55. The summed E-state index contributed by atoms with van der Waals surface area (Å²) in [4.78, 5) is 11.7. The lowest BCUT2D eigenvalue weighted by atomic mass is 9.94. The molecule has 2 nitrogen and oxygen atoms in total. The maximum atomic E-state index is 11.7. The van der Waals surface area contributed by atoms with Gasteiger partial charge in [-0.3, -0.25) is 0 Å². The highest BCUT2D eigenvalue weighted by molar-refractivity contribution is 14.1. The second kappa shape index (κ2) is 27.8. The van der Waals surface area contributed by atoms with Gasteiger partial charge in [-0.2, -0.15) is 0 Å². The van der Waals surface area contributed by atoms with Crippen molar-refractivity contribution in [1.29, 1.82) is 0 Å². The lowest BCUT2D eigenvalue weighted by Crippen LogP contribution is -2.36. The number of carboxylic acids is 1. The van der Waals surface area contributed by atoms with Crippen LogP contribution < -0.4 is 5.11 Å². The molecule has 0 aliphatic heterocycles. The van der Waals surface area contributed by atoms with Crippen LogP contribution in [0.1, 0.15) is 181 Å². The molecule has 0 fully saturated rings. The van der Waals surface area contributed by atoms with E-state index in [4.69, 9.17) is 0 Å². The van der Waals surface area contributed by atoms with Gasteiger partial charge in [0.15, 0.2) is 0 Å². The summed E-state index contributed by atoms with van der Waals surface area (Å²) in [5.74, 6) is -1.07. The molecule has 0 rings (SSSR count). The number of carbonyl (C=O) groups is 1. The number of hydrogen-bond donors (Lipinski definition) is 0. The predicted octanol–water partition coefficient (Wildman–Crippen LogP) is 10.3. The zero-order valence-electron chi connectivity index (χ0n) is 23.2. The SMILES string of the molecule is CCCCCCCCCCCCCCCCC(C(=O)[O-])C(I)CCCCCCCCCCCC.